The van der Waals surface area contributed by atoms with E-state index < -0.39 is 0 Å². The molecule has 2 aromatic heterocycles. The van der Waals surface area contributed by atoms with E-state index in [1.807, 2.05) is 16.9 Å². The first kappa shape index (κ1) is 14.6. The first-order valence-corrected chi connectivity index (χ1v) is 7.97. The summed E-state index contributed by atoms with van der Waals surface area (Å²) in [7, 11) is 0. The normalized spacial score (nSPS) is 11.0. The molecule has 0 amide bonds. The third-order valence-corrected chi connectivity index (χ3v) is 4.15. The van der Waals surface area contributed by atoms with Crippen molar-refractivity contribution in [2.75, 3.05) is 5.75 Å². The molecule has 0 radical (unpaired) electrons. The van der Waals surface area contributed by atoms with E-state index in [0.29, 0.717) is 0 Å². The van der Waals surface area contributed by atoms with Crippen LogP contribution in [0.25, 0.3) is 5.69 Å². The van der Waals surface area contributed by atoms with Crippen molar-refractivity contribution in [3.05, 3.63) is 42.2 Å². The second-order valence-electron chi connectivity index (χ2n) is 4.63. The SMILES string of the molecule is CCn1nccc1CCSc1nnnn1-c1ccc(O)cc1. The van der Waals surface area contributed by atoms with Crippen molar-refractivity contribution in [2.24, 2.45) is 0 Å². The summed E-state index contributed by atoms with van der Waals surface area (Å²) in [4.78, 5) is 0. The smallest absolute Gasteiger partial charge is 0.214 e. The van der Waals surface area contributed by atoms with Gasteiger partial charge in [-0.1, -0.05) is 11.8 Å². The Bertz CT molecular complexity index is 736. The number of hydrogen-bond acceptors (Lipinski definition) is 6. The second kappa shape index (κ2) is 6.61. The molecule has 8 heteroatoms. The Morgan fingerprint density at radius 3 is 2.77 bits per heavy atom. The minimum Gasteiger partial charge on any atom is -0.508 e. The first-order valence-electron chi connectivity index (χ1n) is 6.99. The van der Waals surface area contributed by atoms with Crippen LogP contribution in [0.1, 0.15) is 12.6 Å². The zero-order valence-electron chi connectivity index (χ0n) is 12.1. The van der Waals surface area contributed by atoms with E-state index in [1.54, 1.807) is 40.7 Å². The van der Waals surface area contributed by atoms with Crippen molar-refractivity contribution < 1.29 is 5.11 Å². The highest BCUT2D eigenvalue weighted by Crippen LogP contribution is 2.20. The highest BCUT2D eigenvalue weighted by molar-refractivity contribution is 7.99. The summed E-state index contributed by atoms with van der Waals surface area (Å²) in [5.74, 6) is 1.09. The molecule has 0 bridgehead atoms. The lowest BCUT2D eigenvalue weighted by Gasteiger charge is -2.05. The molecular weight excluding hydrogens is 300 g/mol. The Labute approximate surface area is 132 Å². The molecule has 1 aromatic carbocycles. The Balaban J connectivity index is 1.67. The summed E-state index contributed by atoms with van der Waals surface area (Å²) in [6.07, 6.45) is 2.73. The number of aromatic nitrogens is 6. The van der Waals surface area contributed by atoms with Crippen LogP contribution in [0.2, 0.25) is 0 Å². The molecule has 0 atom stereocenters. The monoisotopic (exact) mass is 316 g/mol. The average molecular weight is 316 g/mol. The molecule has 0 aliphatic carbocycles. The number of tetrazole rings is 1. The standard InChI is InChI=1S/C14H16N6OS/c1-2-19-11(7-9-15-19)8-10-22-14-16-17-18-20(14)12-3-5-13(21)6-4-12/h3-7,9,21H,2,8,10H2,1H3. The lowest BCUT2D eigenvalue weighted by molar-refractivity contribution is 0.475. The van der Waals surface area contributed by atoms with Gasteiger partial charge in [-0.25, -0.2) is 0 Å². The first-order chi connectivity index (χ1) is 10.8. The molecule has 0 aliphatic rings. The zero-order chi connectivity index (χ0) is 15.4. The van der Waals surface area contributed by atoms with Crippen molar-refractivity contribution in [1.82, 2.24) is 30.0 Å². The van der Waals surface area contributed by atoms with Crippen LogP contribution in [0.5, 0.6) is 5.75 Å². The van der Waals surface area contributed by atoms with Gasteiger partial charge in [-0.05, 0) is 54.1 Å². The zero-order valence-corrected chi connectivity index (χ0v) is 12.9. The number of aryl methyl sites for hydroxylation is 2. The van der Waals surface area contributed by atoms with Crippen LogP contribution in [0.3, 0.4) is 0 Å². The number of rotatable bonds is 6. The van der Waals surface area contributed by atoms with Gasteiger partial charge in [-0.2, -0.15) is 9.78 Å². The maximum Gasteiger partial charge on any atom is 0.214 e. The fraction of sp³-hybridized carbons (Fsp3) is 0.286. The summed E-state index contributed by atoms with van der Waals surface area (Å²) in [5.41, 5.74) is 2.03. The third-order valence-electron chi connectivity index (χ3n) is 3.23. The number of hydrogen-bond donors (Lipinski definition) is 1. The maximum atomic E-state index is 9.35. The Morgan fingerprint density at radius 1 is 1.18 bits per heavy atom. The molecule has 0 aliphatic heterocycles. The lowest BCUT2D eigenvalue weighted by atomic mass is 10.3. The van der Waals surface area contributed by atoms with E-state index in [0.717, 1.165) is 29.6 Å². The van der Waals surface area contributed by atoms with Crippen LogP contribution in [-0.2, 0) is 13.0 Å². The molecule has 1 N–H and O–H groups in total. The fourth-order valence-corrected chi connectivity index (χ4v) is 2.98. The number of thioether (sulfide) groups is 1. The van der Waals surface area contributed by atoms with Gasteiger partial charge < -0.3 is 5.11 Å². The molecule has 0 fully saturated rings. The number of aromatic hydroxyl groups is 1. The summed E-state index contributed by atoms with van der Waals surface area (Å²) >= 11 is 1.59. The molecule has 3 aromatic rings. The van der Waals surface area contributed by atoms with Crippen LogP contribution in [0.4, 0.5) is 0 Å². The van der Waals surface area contributed by atoms with Gasteiger partial charge in [0.05, 0.1) is 5.69 Å². The van der Waals surface area contributed by atoms with Crippen molar-refractivity contribution in [3.8, 4) is 11.4 Å². The van der Waals surface area contributed by atoms with Crippen molar-refractivity contribution in [1.29, 1.82) is 0 Å². The van der Waals surface area contributed by atoms with Gasteiger partial charge >= 0.3 is 0 Å². The van der Waals surface area contributed by atoms with Gasteiger partial charge in [0, 0.05) is 24.2 Å². The van der Waals surface area contributed by atoms with Gasteiger partial charge in [0.2, 0.25) is 5.16 Å². The quantitative estimate of drug-likeness (QED) is 0.700. The van der Waals surface area contributed by atoms with E-state index in [1.165, 1.54) is 5.69 Å². The second-order valence-corrected chi connectivity index (χ2v) is 5.69. The van der Waals surface area contributed by atoms with Crippen LogP contribution < -0.4 is 0 Å². The number of benzene rings is 1. The van der Waals surface area contributed by atoms with Crippen molar-refractivity contribution in [2.45, 2.75) is 25.0 Å². The Kier molecular flexibility index (Phi) is 4.38. The maximum absolute atomic E-state index is 9.35. The molecule has 7 nitrogen and oxygen atoms in total. The minimum absolute atomic E-state index is 0.221. The summed E-state index contributed by atoms with van der Waals surface area (Å²) in [6, 6.07) is 8.83. The van der Waals surface area contributed by atoms with E-state index in [4.69, 9.17) is 0 Å². The predicted molar refractivity (Wildman–Crippen MR) is 83.1 cm³/mol. The molecule has 2 heterocycles. The summed E-state index contributed by atoms with van der Waals surface area (Å²) in [5, 5.41) is 26.1. The van der Waals surface area contributed by atoms with Crippen LogP contribution >= 0.6 is 11.8 Å². The van der Waals surface area contributed by atoms with Crippen molar-refractivity contribution in [3.63, 3.8) is 0 Å². The van der Waals surface area contributed by atoms with E-state index in [2.05, 4.69) is 27.5 Å². The molecule has 3 rings (SSSR count). The molecular formula is C14H16N6OS. The highest BCUT2D eigenvalue weighted by Gasteiger charge is 2.09. The molecule has 0 saturated heterocycles. The average Bonchev–Trinajstić information content (AvgIpc) is 3.17. The van der Waals surface area contributed by atoms with Gasteiger partial charge in [0.15, 0.2) is 0 Å². The van der Waals surface area contributed by atoms with Gasteiger partial charge in [-0.15, -0.1) is 5.10 Å². The molecule has 114 valence electrons. The van der Waals surface area contributed by atoms with E-state index in [9.17, 15) is 5.11 Å². The minimum atomic E-state index is 0.221. The lowest BCUT2D eigenvalue weighted by Crippen LogP contribution is -2.04. The third kappa shape index (κ3) is 3.11. The van der Waals surface area contributed by atoms with Crippen LogP contribution in [-0.4, -0.2) is 40.8 Å². The number of phenolic OH excluding ortho intramolecular Hbond substituents is 1. The van der Waals surface area contributed by atoms with E-state index in [-0.39, 0.29) is 5.75 Å². The molecule has 0 unspecified atom stereocenters. The topological polar surface area (TPSA) is 81.7 Å². The van der Waals surface area contributed by atoms with Gasteiger partial charge in [0.25, 0.3) is 0 Å². The molecule has 0 spiro atoms. The largest absolute Gasteiger partial charge is 0.508 e. The van der Waals surface area contributed by atoms with Gasteiger partial charge in [-0.3, -0.25) is 4.68 Å². The summed E-state index contributed by atoms with van der Waals surface area (Å²) < 4.78 is 3.66. The van der Waals surface area contributed by atoms with Gasteiger partial charge in [0.1, 0.15) is 5.75 Å². The number of phenols is 1. The molecule has 22 heavy (non-hydrogen) atoms. The molecule has 0 saturated carbocycles. The Hall–Kier alpha value is -2.35. The van der Waals surface area contributed by atoms with E-state index >= 15 is 0 Å². The number of nitrogens with zero attached hydrogens (tertiary/aromatic N) is 6. The fourth-order valence-electron chi connectivity index (χ4n) is 2.13. The van der Waals surface area contributed by atoms with Crippen molar-refractivity contribution >= 4 is 11.8 Å². The Morgan fingerprint density at radius 2 is 2.00 bits per heavy atom. The van der Waals surface area contributed by atoms with Crippen LogP contribution in [0.15, 0.2) is 41.7 Å². The predicted octanol–water partition coefficient (Wildman–Crippen LogP) is 1.92. The summed E-state index contributed by atoms with van der Waals surface area (Å²) in [6.45, 7) is 2.95. The van der Waals surface area contributed by atoms with Crippen LogP contribution in [0, 0.1) is 0 Å². The highest BCUT2D eigenvalue weighted by atomic mass is 32.2.